The van der Waals surface area contributed by atoms with Crippen molar-refractivity contribution in [3.8, 4) is 0 Å². The Bertz CT molecular complexity index is 1270. The molecule has 1 N–H and O–H groups in total. The quantitative estimate of drug-likeness (QED) is 0.668. The third kappa shape index (κ3) is 3.04. The highest BCUT2D eigenvalue weighted by Crippen LogP contribution is 2.45. The van der Waals surface area contributed by atoms with Crippen LogP contribution in [0.3, 0.4) is 0 Å². The molecule has 8 heteroatoms. The van der Waals surface area contributed by atoms with Crippen LogP contribution in [0.4, 0.5) is 5.69 Å². The van der Waals surface area contributed by atoms with Gasteiger partial charge in [-0.3, -0.25) is 19.4 Å². The third-order valence-corrected chi connectivity index (χ3v) is 6.68. The van der Waals surface area contributed by atoms with Crippen molar-refractivity contribution in [2.45, 2.75) is 11.8 Å². The lowest BCUT2D eigenvalue weighted by molar-refractivity contribution is -0.125. The molecule has 3 heterocycles. The summed E-state index contributed by atoms with van der Waals surface area (Å²) in [6, 6.07) is 12.8. The summed E-state index contributed by atoms with van der Waals surface area (Å²) in [4.78, 5) is 46.8. The third-order valence-electron chi connectivity index (χ3n) is 6.44. The number of nitrogens with zero attached hydrogens (tertiary/aromatic N) is 3. The van der Waals surface area contributed by atoms with Gasteiger partial charge < -0.3 is 15.1 Å². The molecule has 0 bridgehead atoms. The minimum absolute atomic E-state index is 0.109. The molecule has 7 nitrogen and oxygen atoms in total. The van der Waals surface area contributed by atoms with E-state index in [0.29, 0.717) is 29.1 Å². The molecule has 2 aliphatic heterocycles. The summed E-state index contributed by atoms with van der Waals surface area (Å²) in [6.45, 7) is 0.491. The van der Waals surface area contributed by atoms with E-state index < -0.39 is 5.41 Å². The van der Waals surface area contributed by atoms with Crippen LogP contribution in [-0.2, 0) is 15.0 Å². The number of aromatic nitrogens is 1. The van der Waals surface area contributed by atoms with Crippen LogP contribution in [0.25, 0.3) is 10.8 Å². The Labute approximate surface area is 190 Å². The normalized spacial score (nSPS) is 20.2. The highest BCUT2D eigenvalue weighted by molar-refractivity contribution is 6.31. The number of halogens is 1. The van der Waals surface area contributed by atoms with Crippen LogP contribution in [0.2, 0.25) is 5.02 Å². The first-order valence-electron chi connectivity index (χ1n) is 10.4. The van der Waals surface area contributed by atoms with E-state index in [2.05, 4.69) is 10.3 Å². The number of nitrogens with one attached hydrogen (secondary N) is 1. The van der Waals surface area contributed by atoms with Crippen LogP contribution in [-0.4, -0.2) is 54.3 Å². The maximum Gasteiger partial charge on any atom is 0.254 e. The summed E-state index contributed by atoms with van der Waals surface area (Å²) < 4.78 is 0. The van der Waals surface area contributed by atoms with Crippen LogP contribution < -0.4 is 10.2 Å². The number of rotatable bonds is 3. The van der Waals surface area contributed by atoms with Gasteiger partial charge in [0.2, 0.25) is 11.8 Å². The highest BCUT2D eigenvalue weighted by atomic mass is 35.5. The molecule has 2 aliphatic rings. The Hall–Kier alpha value is -3.45. The monoisotopic (exact) mass is 448 g/mol. The molecule has 162 valence electrons. The Kier molecular flexibility index (Phi) is 4.86. The van der Waals surface area contributed by atoms with Gasteiger partial charge in [-0.25, -0.2) is 0 Å². The average Bonchev–Trinajstić information content (AvgIpc) is 3.13. The minimum atomic E-state index is -0.973. The van der Waals surface area contributed by atoms with Crippen molar-refractivity contribution in [1.82, 2.24) is 15.2 Å². The van der Waals surface area contributed by atoms with Gasteiger partial charge in [-0.05, 0) is 30.2 Å². The van der Waals surface area contributed by atoms with Crippen LogP contribution in [0.1, 0.15) is 22.3 Å². The van der Waals surface area contributed by atoms with E-state index in [9.17, 15) is 14.4 Å². The molecular weight excluding hydrogens is 428 g/mol. The zero-order chi connectivity index (χ0) is 22.5. The molecule has 1 spiro atoms. The van der Waals surface area contributed by atoms with Gasteiger partial charge in [0.25, 0.3) is 5.91 Å². The van der Waals surface area contributed by atoms with Crippen molar-refractivity contribution in [3.05, 3.63) is 71.0 Å². The molecular formula is C24H21ClN4O3. The zero-order valence-corrected chi connectivity index (χ0v) is 18.2. The SMILES string of the molecule is CNC(=O)CN1CC2(CCN(c3cncc4ccccc34)C2=O)c2cc(Cl)ccc2C1=O. The first kappa shape index (κ1) is 20.5. The molecule has 1 fully saturated rings. The van der Waals surface area contributed by atoms with Gasteiger partial charge in [-0.2, -0.15) is 0 Å². The number of likely N-dealkylation sites (N-methyl/N-ethyl adjacent to an activating group) is 1. The fraction of sp³-hybridized carbons (Fsp3) is 0.250. The summed E-state index contributed by atoms with van der Waals surface area (Å²) >= 11 is 6.28. The zero-order valence-electron chi connectivity index (χ0n) is 17.5. The van der Waals surface area contributed by atoms with Gasteiger partial charge in [0.1, 0.15) is 0 Å². The van der Waals surface area contributed by atoms with E-state index in [0.717, 1.165) is 16.5 Å². The maximum absolute atomic E-state index is 14.0. The van der Waals surface area contributed by atoms with E-state index in [4.69, 9.17) is 11.6 Å². The van der Waals surface area contributed by atoms with Crippen LogP contribution in [0, 0.1) is 0 Å². The summed E-state index contributed by atoms with van der Waals surface area (Å²) in [5, 5.41) is 4.90. The first-order valence-corrected chi connectivity index (χ1v) is 10.8. The molecule has 1 saturated heterocycles. The number of amides is 3. The Morgan fingerprint density at radius 2 is 2.00 bits per heavy atom. The average molecular weight is 449 g/mol. The van der Waals surface area contributed by atoms with Gasteiger partial charge in [-0.1, -0.05) is 35.9 Å². The lowest BCUT2D eigenvalue weighted by atomic mass is 9.73. The smallest absolute Gasteiger partial charge is 0.254 e. The van der Waals surface area contributed by atoms with E-state index in [1.165, 1.54) is 11.9 Å². The number of fused-ring (bicyclic) bond motifs is 3. The minimum Gasteiger partial charge on any atom is -0.358 e. The van der Waals surface area contributed by atoms with Crippen molar-refractivity contribution in [2.75, 3.05) is 31.6 Å². The number of hydrogen-bond acceptors (Lipinski definition) is 4. The number of carbonyl (C=O) groups excluding carboxylic acids is 3. The molecule has 0 radical (unpaired) electrons. The number of pyridine rings is 1. The number of anilines is 1. The van der Waals surface area contributed by atoms with Crippen LogP contribution in [0.5, 0.6) is 0 Å². The first-order chi connectivity index (χ1) is 15.4. The summed E-state index contributed by atoms with van der Waals surface area (Å²) in [6.07, 6.45) is 3.98. The van der Waals surface area contributed by atoms with Crippen molar-refractivity contribution in [2.24, 2.45) is 0 Å². The van der Waals surface area contributed by atoms with Crippen LogP contribution in [0.15, 0.2) is 54.9 Å². The van der Waals surface area contributed by atoms with Gasteiger partial charge in [0.15, 0.2) is 0 Å². The standard InChI is InChI=1S/C24H21ClN4O3/c1-26-21(30)13-28-14-24(19-10-16(25)6-7-18(19)22(28)31)8-9-29(23(24)32)20-12-27-11-15-4-2-3-5-17(15)20/h2-7,10-12H,8-9,13-14H2,1H3,(H,26,30). The second-order valence-electron chi connectivity index (χ2n) is 8.19. The number of carbonyl (C=O) groups is 3. The molecule has 3 aromatic rings. The predicted octanol–water partition coefficient (Wildman–Crippen LogP) is 2.76. The molecule has 1 aromatic heterocycles. The summed E-state index contributed by atoms with van der Waals surface area (Å²) in [7, 11) is 1.52. The van der Waals surface area contributed by atoms with Gasteiger partial charge in [0, 0.05) is 47.7 Å². The lowest BCUT2D eigenvalue weighted by Crippen LogP contribution is -2.55. The molecule has 1 atom stereocenters. The van der Waals surface area contributed by atoms with E-state index in [1.807, 2.05) is 24.3 Å². The van der Waals surface area contributed by atoms with Gasteiger partial charge in [0.05, 0.1) is 23.8 Å². The second kappa shape index (κ2) is 7.60. The summed E-state index contributed by atoms with van der Waals surface area (Å²) in [5.41, 5.74) is 0.807. The van der Waals surface area contributed by atoms with Crippen molar-refractivity contribution >= 4 is 45.8 Å². The Morgan fingerprint density at radius 3 is 2.81 bits per heavy atom. The van der Waals surface area contributed by atoms with Crippen molar-refractivity contribution in [1.29, 1.82) is 0 Å². The number of hydrogen-bond donors (Lipinski definition) is 1. The summed E-state index contributed by atoms with van der Waals surface area (Å²) in [5.74, 6) is -0.677. The van der Waals surface area contributed by atoms with Crippen molar-refractivity contribution in [3.63, 3.8) is 0 Å². The Balaban J connectivity index is 1.62. The van der Waals surface area contributed by atoms with Gasteiger partial charge in [-0.15, -0.1) is 0 Å². The van der Waals surface area contributed by atoms with Crippen LogP contribution >= 0.6 is 11.6 Å². The van der Waals surface area contributed by atoms with Crippen molar-refractivity contribution < 1.29 is 14.4 Å². The molecule has 0 saturated carbocycles. The topological polar surface area (TPSA) is 82.6 Å². The Morgan fingerprint density at radius 1 is 1.19 bits per heavy atom. The van der Waals surface area contributed by atoms with E-state index >= 15 is 0 Å². The highest BCUT2D eigenvalue weighted by Gasteiger charge is 2.54. The number of benzene rings is 2. The molecule has 2 aromatic carbocycles. The molecule has 5 rings (SSSR count). The second-order valence-corrected chi connectivity index (χ2v) is 8.63. The fourth-order valence-corrected chi connectivity index (χ4v) is 5.02. The van der Waals surface area contributed by atoms with E-state index in [1.54, 1.807) is 35.5 Å². The van der Waals surface area contributed by atoms with Gasteiger partial charge >= 0.3 is 0 Å². The fourth-order valence-electron chi connectivity index (χ4n) is 4.84. The lowest BCUT2D eigenvalue weighted by Gasteiger charge is -2.40. The molecule has 32 heavy (non-hydrogen) atoms. The molecule has 0 aliphatic carbocycles. The predicted molar refractivity (Wildman–Crippen MR) is 122 cm³/mol. The molecule has 3 amide bonds. The largest absolute Gasteiger partial charge is 0.358 e. The molecule has 1 unspecified atom stereocenters. The maximum atomic E-state index is 14.0. The van der Waals surface area contributed by atoms with E-state index in [-0.39, 0.29) is 30.8 Å².